The fraction of sp³-hybridized carbons (Fsp3) is 0.643. The number of azide groups is 1. The Morgan fingerprint density at radius 2 is 2.20 bits per heavy atom. The Hall–Kier alpha value is -2.62. The van der Waals surface area contributed by atoms with Gasteiger partial charge in [0.05, 0.1) is 25.1 Å². The fourth-order valence-corrected chi connectivity index (χ4v) is 3.52. The molecular weight excluding hydrogens is 326 g/mol. The number of rotatable bonds is 4. The van der Waals surface area contributed by atoms with Crippen molar-refractivity contribution in [2.75, 3.05) is 30.3 Å². The number of aliphatic hydroxyl groups excluding tert-OH is 1. The third-order valence-corrected chi connectivity index (χ3v) is 4.72. The van der Waals surface area contributed by atoms with E-state index in [4.69, 9.17) is 16.0 Å². The molecular formula is C14H19N9O2. The summed E-state index contributed by atoms with van der Waals surface area (Å²) in [6.07, 6.45) is 3.32. The molecule has 3 N–H and O–H groups in total. The lowest BCUT2D eigenvalue weighted by Crippen LogP contribution is -2.23. The van der Waals surface area contributed by atoms with Crippen LogP contribution in [0.1, 0.15) is 25.5 Å². The molecule has 3 atom stereocenters. The minimum Gasteiger partial charge on any atom is -0.394 e. The Labute approximate surface area is 143 Å². The van der Waals surface area contributed by atoms with Gasteiger partial charge in [0.25, 0.3) is 0 Å². The maximum absolute atomic E-state index is 9.44. The third-order valence-electron chi connectivity index (χ3n) is 4.72. The van der Waals surface area contributed by atoms with Crippen LogP contribution in [-0.2, 0) is 4.74 Å². The van der Waals surface area contributed by atoms with Gasteiger partial charge in [-0.1, -0.05) is 5.11 Å². The van der Waals surface area contributed by atoms with E-state index in [0.717, 1.165) is 31.7 Å². The number of aliphatic hydroxyl groups is 1. The maximum atomic E-state index is 9.44. The Morgan fingerprint density at radius 3 is 2.92 bits per heavy atom. The Balaban J connectivity index is 1.73. The number of nitrogen functional groups attached to an aromatic ring is 1. The van der Waals surface area contributed by atoms with Crippen molar-refractivity contribution in [3.8, 4) is 0 Å². The second-order valence-corrected chi connectivity index (χ2v) is 6.24. The van der Waals surface area contributed by atoms with Gasteiger partial charge in [-0.05, 0) is 18.4 Å². The number of hydrogen-bond donors (Lipinski definition) is 2. The van der Waals surface area contributed by atoms with Crippen molar-refractivity contribution in [2.45, 2.75) is 37.6 Å². The van der Waals surface area contributed by atoms with Crippen LogP contribution in [0, 0.1) is 0 Å². The van der Waals surface area contributed by atoms with E-state index in [9.17, 15) is 5.11 Å². The van der Waals surface area contributed by atoms with E-state index >= 15 is 0 Å². The van der Waals surface area contributed by atoms with Gasteiger partial charge in [0.15, 0.2) is 17.0 Å². The number of nitrogens with two attached hydrogens (primary N) is 1. The van der Waals surface area contributed by atoms with E-state index in [-0.39, 0.29) is 12.6 Å². The summed E-state index contributed by atoms with van der Waals surface area (Å²) in [5, 5.41) is 13.1. The molecule has 0 amide bonds. The highest BCUT2D eigenvalue weighted by Crippen LogP contribution is 2.34. The molecule has 2 aliphatic rings. The first-order chi connectivity index (χ1) is 12.2. The number of ether oxygens (including phenoxy) is 1. The van der Waals surface area contributed by atoms with Crippen LogP contribution < -0.4 is 10.6 Å². The lowest BCUT2D eigenvalue weighted by atomic mass is 10.1. The van der Waals surface area contributed by atoms with Gasteiger partial charge in [-0.3, -0.25) is 4.57 Å². The van der Waals surface area contributed by atoms with Gasteiger partial charge in [0, 0.05) is 24.4 Å². The van der Waals surface area contributed by atoms with Gasteiger partial charge in [-0.2, -0.15) is 9.97 Å². The fourth-order valence-electron chi connectivity index (χ4n) is 3.52. The first-order valence-corrected chi connectivity index (χ1v) is 8.26. The molecule has 2 aromatic rings. The van der Waals surface area contributed by atoms with Gasteiger partial charge in [-0.15, -0.1) is 0 Å². The molecule has 11 heteroatoms. The van der Waals surface area contributed by atoms with Crippen LogP contribution in [0.4, 0.5) is 11.8 Å². The summed E-state index contributed by atoms with van der Waals surface area (Å²) in [6, 6.07) is -0.435. The standard InChI is InChI=1S/C14H19N9O2/c15-14-18-12(22-3-1-2-4-22)11-13(19-14)23(7-17-11)10-5-8(20-21-16)9(6-24)25-10/h7-10,24H,1-6H2,(H2,15,18,19). The number of aromatic nitrogens is 4. The second kappa shape index (κ2) is 6.36. The normalized spacial score (nSPS) is 26.3. The molecule has 2 aliphatic heterocycles. The minimum atomic E-state index is -0.546. The number of nitrogens with zero attached hydrogens (tertiary/aromatic N) is 8. The van der Waals surface area contributed by atoms with Crippen LogP contribution in [0.5, 0.6) is 0 Å². The average molecular weight is 345 g/mol. The summed E-state index contributed by atoms with van der Waals surface area (Å²) in [7, 11) is 0. The molecule has 2 saturated heterocycles. The number of hydrogen-bond acceptors (Lipinski definition) is 8. The monoisotopic (exact) mass is 345 g/mol. The quantitative estimate of drug-likeness (QED) is 0.476. The number of fused-ring (bicyclic) bond motifs is 1. The minimum absolute atomic E-state index is 0.180. The molecule has 132 valence electrons. The van der Waals surface area contributed by atoms with E-state index < -0.39 is 18.4 Å². The summed E-state index contributed by atoms with van der Waals surface area (Å²) in [6.45, 7) is 1.62. The van der Waals surface area contributed by atoms with Crippen molar-refractivity contribution >= 4 is 22.9 Å². The summed E-state index contributed by atoms with van der Waals surface area (Å²) in [4.78, 5) is 18.2. The molecule has 4 rings (SSSR count). The molecule has 0 radical (unpaired) electrons. The van der Waals surface area contributed by atoms with Crippen LogP contribution in [0.15, 0.2) is 11.4 Å². The van der Waals surface area contributed by atoms with Gasteiger partial charge in [-0.25, -0.2) is 4.98 Å². The van der Waals surface area contributed by atoms with Crippen molar-refractivity contribution in [3.63, 3.8) is 0 Å². The average Bonchev–Trinajstić information content (AvgIpc) is 3.33. The molecule has 0 bridgehead atoms. The zero-order chi connectivity index (χ0) is 17.4. The van der Waals surface area contributed by atoms with Crippen molar-refractivity contribution < 1.29 is 9.84 Å². The zero-order valence-electron chi connectivity index (χ0n) is 13.6. The molecule has 0 aliphatic carbocycles. The first kappa shape index (κ1) is 15.9. The molecule has 2 fully saturated rings. The molecule has 0 saturated carbocycles. The molecule has 11 nitrogen and oxygen atoms in total. The van der Waals surface area contributed by atoms with Crippen LogP contribution in [0.25, 0.3) is 21.6 Å². The smallest absolute Gasteiger partial charge is 0.224 e. The van der Waals surface area contributed by atoms with Crippen molar-refractivity contribution in [2.24, 2.45) is 5.11 Å². The summed E-state index contributed by atoms with van der Waals surface area (Å²) >= 11 is 0. The van der Waals surface area contributed by atoms with Crippen LogP contribution in [-0.4, -0.2) is 56.5 Å². The Kier molecular flexibility index (Phi) is 4.04. The predicted octanol–water partition coefficient (Wildman–Crippen LogP) is 0.967. The lowest BCUT2D eigenvalue weighted by molar-refractivity contribution is -0.0232. The molecule has 0 aromatic carbocycles. The zero-order valence-corrected chi connectivity index (χ0v) is 13.6. The van der Waals surface area contributed by atoms with Gasteiger partial charge >= 0.3 is 0 Å². The van der Waals surface area contributed by atoms with E-state index in [1.165, 1.54) is 0 Å². The van der Waals surface area contributed by atoms with Crippen LogP contribution >= 0.6 is 0 Å². The van der Waals surface area contributed by atoms with E-state index in [1.54, 1.807) is 10.9 Å². The van der Waals surface area contributed by atoms with Gasteiger partial charge in [0.2, 0.25) is 5.95 Å². The topological polar surface area (TPSA) is 151 Å². The summed E-state index contributed by atoms with van der Waals surface area (Å²) in [5.74, 6) is 0.918. The van der Waals surface area contributed by atoms with Crippen molar-refractivity contribution in [1.29, 1.82) is 0 Å². The molecule has 3 unspecified atom stereocenters. The van der Waals surface area contributed by atoms with Crippen LogP contribution in [0.2, 0.25) is 0 Å². The van der Waals surface area contributed by atoms with E-state index in [0.29, 0.717) is 17.6 Å². The summed E-state index contributed by atoms with van der Waals surface area (Å²) < 4.78 is 7.59. The highest BCUT2D eigenvalue weighted by atomic mass is 16.5. The molecule has 25 heavy (non-hydrogen) atoms. The Morgan fingerprint density at radius 1 is 1.40 bits per heavy atom. The molecule has 0 spiro atoms. The molecule has 2 aromatic heterocycles. The maximum Gasteiger partial charge on any atom is 0.224 e. The second-order valence-electron chi connectivity index (χ2n) is 6.24. The predicted molar refractivity (Wildman–Crippen MR) is 89.7 cm³/mol. The van der Waals surface area contributed by atoms with Crippen molar-refractivity contribution in [1.82, 2.24) is 19.5 Å². The Bertz CT molecular complexity index is 825. The first-order valence-electron chi connectivity index (χ1n) is 8.26. The SMILES string of the molecule is [N-]=[N+]=NC1CC(n2cnc3c(N4CCCC4)nc(N)nc32)OC1CO. The highest BCUT2D eigenvalue weighted by molar-refractivity contribution is 5.85. The lowest BCUT2D eigenvalue weighted by Gasteiger charge is -2.18. The molecule has 4 heterocycles. The van der Waals surface area contributed by atoms with E-state index in [1.807, 2.05) is 0 Å². The highest BCUT2D eigenvalue weighted by Gasteiger charge is 2.36. The number of imidazole rings is 1. The van der Waals surface area contributed by atoms with Gasteiger partial charge in [0.1, 0.15) is 6.23 Å². The van der Waals surface area contributed by atoms with Crippen molar-refractivity contribution in [3.05, 3.63) is 16.8 Å². The van der Waals surface area contributed by atoms with Crippen LogP contribution in [0.3, 0.4) is 0 Å². The number of anilines is 2. The van der Waals surface area contributed by atoms with E-state index in [2.05, 4.69) is 29.9 Å². The largest absolute Gasteiger partial charge is 0.394 e. The van der Waals surface area contributed by atoms with Gasteiger partial charge < -0.3 is 20.5 Å². The third kappa shape index (κ3) is 2.72. The summed E-state index contributed by atoms with van der Waals surface area (Å²) in [5.41, 5.74) is 15.8.